The molecule has 1 aromatic heterocycles. The Morgan fingerprint density at radius 2 is 2.00 bits per heavy atom. The third kappa shape index (κ3) is 1.58. The average Bonchev–Trinajstić information content (AvgIpc) is 1.85. The van der Waals surface area contributed by atoms with Crippen LogP contribution in [-0.4, -0.2) is 9.97 Å². The van der Waals surface area contributed by atoms with Gasteiger partial charge in [0.2, 0.25) is 0 Å². The first-order chi connectivity index (χ1) is 5.11. The zero-order chi connectivity index (χ0) is 8.43. The van der Waals surface area contributed by atoms with E-state index in [-0.39, 0.29) is 0 Å². The summed E-state index contributed by atoms with van der Waals surface area (Å²) in [6, 6.07) is 0. The molecule has 0 amide bonds. The first kappa shape index (κ1) is 7.78. The summed E-state index contributed by atoms with van der Waals surface area (Å²) in [6.45, 7) is 4.02. The highest BCUT2D eigenvalue weighted by molar-refractivity contribution is 5.41. The van der Waals surface area contributed by atoms with Gasteiger partial charge in [0.15, 0.2) is 0 Å². The summed E-state index contributed by atoms with van der Waals surface area (Å²) in [7, 11) is 0. The van der Waals surface area contributed by atoms with Crippen molar-refractivity contribution in [3.63, 3.8) is 0 Å². The molecule has 0 unspecified atom stereocenters. The highest BCUT2D eigenvalue weighted by Crippen LogP contribution is 2.16. The van der Waals surface area contributed by atoms with Crippen molar-refractivity contribution in [1.82, 2.24) is 9.97 Å². The number of hydrogen-bond donors (Lipinski definition) is 2. The Hall–Kier alpha value is -1.32. The lowest BCUT2D eigenvalue weighted by Crippen LogP contribution is -2.04. The molecule has 0 saturated carbocycles. The average molecular weight is 152 g/mol. The van der Waals surface area contributed by atoms with E-state index in [1.807, 2.05) is 13.8 Å². The van der Waals surface area contributed by atoms with Crippen molar-refractivity contribution in [1.29, 1.82) is 0 Å². The van der Waals surface area contributed by atoms with Crippen LogP contribution in [0.25, 0.3) is 0 Å². The maximum Gasteiger partial charge on any atom is 0.147 e. The van der Waals surface area contributed by atoms with Gasteiger partial charge in [-0.05, 0) is 5.92 Å². The van der Waals surface area contributed by atoms with Crippen LogP contribution in [0.3, 0.4) is 0 Å². The van der Waals surface area contributed by atoms with Crippen molar-refractivity contribution in [2.45, 2.75) is 19.8 Å². The van der Waals surface area contributed by atoms with E-state index in [4.69, 9.17) is 11.5 Å². The normalized spacial score (nSPS) is 10.5. The van der Waals surface area contributed by atoms with E-state index in [9.17, 15) is 0 Å². The fourth-order valence-electron chi connectivity index (χ4n) is 0.872. The van der Waals surface area contributed by atoms with Gasteiger partial charge >= 0.3 is 0 Å². The maximum atomic E-state index is 5.57. The Kier molecular flexibility index (Phi) is 1.94. The minimum Gasteiger partial charge on any atom is -0.382 e. The zero-order valence-corrected chi connectivity index (χ0v) is 6.70. The van der Waals surface area contributed by atoms with Crippen LogP contribution in [0.4, 0.5) is 11.6 Å². The third-order valence-electron chi connectivity index (χ3n) is 1.39. The Morgan fingerprint density at radius 1 is 1.36 bits per heavy atom. The molecular formula is C7H12N4. The van der Waals surface area contributed by atoms with Gasteiger partial charge in [0.25, 0.3) is 0 Å². The zero-order valence-electron chi connectivity index (χ0n) is 6.70. The number of nitrogens with two attached hydrogens (primary N) is 2. The third-order valence-corrected chi connectivity index (χ3v) is 1.39. The highest BCUT2D eigenvalue weighted by atomic mass is 15.0. The van der Waals surface area contributed by atoms with Gasteiger partial charge < -0.3 is 11.5 Å². The summed E-state index contributed by atoms with van der Waals surface area (Å²) in [4.78, 5) is 7.95. The molecule has 4 nitrogen and oxygen atoms in total. The molecule has 0 aliphatic rings. The SMILES string of the molecule is CC(C)c1ncc(N)nc1N. The van der Waals surface area contributed by atoms with Gasteiger partial charge in [-0.1, -0.05) is 13.8 Å². The molecule has 0 aliphatic carbocycles. The van der Waals surface area contributed by atoms with Crippen LogP contribution in [0.5, 0.6) is 0 Å². The highest BCUT2D eigenvalue weighted by Gasteiger charge is 2.06. The van der Waals surface area contributed by atoms with Crippen LogP contribution in [0.1, 0.15) is 25.5 Å². The molecule has 0 aromatic carbocycles. The standard InChI is InChI=1S/C7H12N4/c1-4(2)6-7(9)11-5(8)3-10-6/h3-4H,1-2H3,(H4,8,9,11). The molecule has 1 heterocycles. The Morgan fingerprint density at radius 3 is 2.45 bits per heavy atom. The first-order valence-electron chi connectivity index (χ1n) is 3.49. The fraction of sp³-hybridized carbons (Fsp3) is 0.429. The summed E-state index contributed by atoms with van der Waals surface area (Å²) in [5, 5.41) is 0. The molecule has 0 saturated heterocycles. The molecule has 0 bridgehead atoms. The number of hydrogen-bond acceptors (Lipinski definition) is 4. The number of nitrogen functional groups attached to an aromatic ring is 2. The molecule has 1 aromatic rings. The molecule has 0 atom stereocenters. The van der Waals surface area contributed by atoms with Crippen LogP contribution < -0.4 is 11.5 Å². The molecule has 11 heavy (non-hydrogen) atoms. The summed E-state index contributed by atoms with van der Waals surface area (Å²) in [5.74, 6) is 1.09. The summed E-state index contributed by atoms with van der Waals surface area (Å²) >= 11 is 0. The Bertz CT molecular complexity index is 257. The summed E-state index contributed by atoms with van der Waals surface area (Å²) in [5.41, 5.74) is 11.7. The molecule has 0 spiro atoms. The smallest absolute Gasteiger partial charge is 0.147 e. The Labute approximate surface area is 65.6 Å². The van der Waals surface area contributed by atoms with Crippen molar-refractivity contribution in [3.05, 3.63) is 11.9 Å². The lowest BCUT2D eigenvalue weighted by molar-refractivity contribution is 0.819. The van der Waals surface area contributed by atoms with Crippen LogP contribution >= 0.6 is 0 Å². The van der Waals surface area contributed by atoms with E-state index in [1.54, 1.807) is 0 Å². The Balaban J connectivity index is 3.09. The van der Waals surface area contributed by atoms with Crippen molar-refractivity contribution in [3.8, 4) is 0 Å². The van der Waals surface area contributed by atoms with Gasteiger partial charge in [-0.3, -0.25) is 4.98 Å². The quantitative estimate of drug-likeness (QED) is 0.622. The monoisotopic (exact) mass is 152 g/mol. The summed E-state index contributed by atoms with van der Waals surface area (Å²) < 4.78 is 0. The van der Waals surface area contributed by atoms with Crippen LogP contribution in [0.15, 0.2) is 6.20 Å². The number of rotatable bonds is 1. The maximum absolute atomic E-state index is 5.57. The molecule has 0 aliphatic heterocycles. The van der Waals surface area contributed by atoms with Gasteiger partial charge in [0.05, 0.1) is 11.9 Å². The van der Waals surface area contributed by atoms with E-state index in [2.05, 4.69) is 9.97 Å². The van der Waals surface area contributed by atoms with Gasteiger partial charge in [0, 0.05) is 0 Å². The van der Waals surface area contributed by atoms with Crippen LogP contribution in [-0.2, 0) is 0 Å². The second kappa shape index (κ2) is 2.74. The van der Waals surface area contributed by atoms with Crippen LogP contribution in [0, 0.1) is 0 Å². The molecule has 1 rings (SSSR count). The lowest BCUT2D eigenvalue weighted by atomic mass is 10.1. The van der Waals surface area contributed by atoms with Crippen molar-refractivity contribution in [2.75, 3.05) is 11.5 Å². The van der Waals surface area contributed by atoms with Gasteiger partial charge in [-0.15, -0.1) is 0 Å². The van der Waals surface area contributed by atoms with E-state index >= 15 is 0 Å². The van der Waals surface area contributed by atoms with Crippen molar-refractivity contribution in [2.24, 2.45) is 0 Å². The molecule has 0 radical (unpaired) electrons. The molecular weight excluding hydrogens is 140 g/mol. The van der Waals surface area contributed by atoms with Gasteiger partial charge in [-0.2, -0.15) is 0 Å². The van der Waals surface area contributed by atoms with Gasteiger partial charge in [-0.25, -0.2) is 4.98 Å². The molecule has 4 heteroatoms. The van der Waals surface area contributed by atoms with Crippen LogP contribution in [0.2, 0.25) is 0 Å². The van der Waals surface area contributed by atoms with E-state index in [1.165, 1.54) is 6.20 Å². The van der Waals surface area contributed by atoms with E-state index in [0.29, 0.717) is 17.6 Å². The van der Waals surface area contributed by atoms with E-state index < -0.39 is 0 Å². The number of aromatic nitrogens is 2. The molecule has 4 N–H and O–H groups in total. The number of nitrogens with zero attached hydrogens (tertiary/aromatic N) is 2. The van der Waals surface area contributed by atoms with E-state index in [0.717, 1.165) is 5.69 Å². The van der Waals surface area contributed by atoms with Gasteiger partial charge in [0.1, 0.15) is 11.6 Å². The second-order valence-corrected chi connectivity index (χ2v) is 2.72. The van der Waals surface area contributed by atoms with Crippen molar-refractivity contribution >= 4 is 11.6 Å². The lowest BCUT2D eigenvalue weighted by Gasteiger charge is -2.06. The minimum atomic E-state index is 0.295. The second-order valence-electron chi connectivity index (χ2n) is 2.72. The molecule has 0 fully saturated rings. The minimum absolute atomic E-state index is 0.295. The predicted molar refractivity (Wildman–Crippen MR) is 44.9 cm³/mol. The predicted octanol–water partition coefficient (Wildman–Crippen LogP) is 0.764. The fourth-order valence-corrected chi connectivity index (χ4v) is 0.872. The topological polar surface area (TPSA) is 77.8 Å². The van der Waals surface area contributed by atoms with Crippen molar-refractivity contribution < 1.29 is 0 Å². The largest absolute Gasteiger partial charge is 0.382 e. The number of anilines is 2. The molecule has 60 valence electrons. The summed E-state index contributed by atoms with van der Waals surface area (Å²) in [6.07, 6.45) is 1.52. The first-order valence-corrected chi connectivity index (χ1v) is 3.49.